The Labute approximate surface area is 110 Å². The SMILES string of the molecule is CCc1cc(CN2CC(C)NCC2(C)C)n(C)n1. The first-order valence-electron chi connectivity index (χ1n) is 6.92. The van der Waals surface area contributed by atoms with Gasteiger partial charge in [0.1, 0.15) is 0 Å². The summed E-state index contributed by atoms with van der Waals surface area (Å²) in [6.07, 6.45) is 1.01. The van der Waals surface area contributed by atoms with Gasteiger partial charge in [0.15, 0.2) is 0 Å². The predicted molar refractivity (Wildman–Crippen MR) is 74.5 cm³/mol. The van der Waals surface area contributed by atoms with Gasteiger partial charge in [-0.3, -0.25) is 9.58 Å². The van der Waals surface area contributed by atoms with Gasteiger partial charge in [-0.25, -0.2) is 0 Å². The zero-order valence-corrected chi connectivity index (χ0v) is 12.3. The second kappa shape index (κ2) is 5.02. The summed E-state index contributed by atoms with van der Waals surface area (Å²) < 4.78 is 2.03. The van der Waals surface area contributed by atoms with Crippen molar-refractivity contribution in [2.45, 2.75) is 52.2 Å². The molecule has 2 heterocycles. The van der Waals surface area contributed by atoms with E-state index in [9.17, 15) is 0 Å². The molecule has 1 unspecified atom stereocenters. The normalized spacial score (nSPS) is 24.4. The van der Waals surface area contributed by atoms with Gasteiger partial charge < -0.3 is 5.32 Å². The molecule has 0 aliphatic carbocycles. The van der Waals surface area contributed by atoms with Crippen LogP contribution in [0.2, 0.25) is 0 Å². The van der Waals surface area contributed by atoms with Gasteiger partial charge in [-0.1, -0.05) is 6.92 Å². The van der Waals surface area contributed by atoms with E-state index in [2.05, 4.69) is 49.1 Å². The van der Waals surface area contributed by atoms with Crippen LogP contribution in [0.4, 0.5) is 0 Å². The van der Waals surface area contributed by atoms with Crippen molar-refractivity contribution >= 4 is 0 Å². The van der Waals surface area contributed by atoms with E-state index in [4.69, 9.17) is 0 Å². The fourth-order valence-electron chi connectivity index (χ4n) is 2.54. The van der Waals surface area contributed by atoms with Crippen molar-refractivity contribution < 1.29 is 0 Å². The molecule has 2 rings (SSSR count). The van der Waals surface area contributed by atoms with Gasteiger partial charge in [-0.15, -0.1) is 0 Å². The van der Waals surface area contributed by atoms with Gasteiger partial charge in [0, 0.05) is 38.3 Å². The van der Waals surface area contributed by atoms with Crippen LogP contribution in [0.5, 0.6) is 0 Å². The fraction of sp³-hybridized carbons (Fsp3) is 0.786. The summed E-state index contributed by atoms with van der Waals surface area (Å²) in [5, 5.41) is 8.09. The Balaban J connectivity index is 2.13. The van der Waals surface area contributed by atoms with E-state index in [0.29, 0.717) is 6.04 Å². The molecule has 4 nitrogen and oxygen atoms in total. The number of aryl methyl sites for hydroxylation is 2. The number of hydrogen-bond donors (Lipinski definition) is 1. The van der Waals surface area contributed by atoms with E-state index in [1.165, 1.54) is 11.4 Å². The van der Waals surface area contributed by atoms with Gasteiger partial charge in [-0.2, -0.15) is 5.10 Å². The third kappa shape index (κ3) is 2.75. The number of rotatable bonds is 3. The number of nitrogens with zero attached hydrogens (tertiary/aromatic N) is 3. The third-order valence-electron chi connectivity index (χ3n) is 3.98. The standard InChI is InChI=1S/C14H26N4/c1-6-12-7-13(17(5)16-12)9-18-8-11(2)15-10-14(18,3)4/h7,11,15H,6,8-10H2,1-5H3. The fourth-order valence-corrected chi connectivity index (χ4v) is 2.54. The molecule has 18 heavy (non-hydrogen) atoms. The monoisotopic (exact) mass is 250 g/mol. The first-order chi connectivity index (χ1) is 8.42. The van der Waals surface area contributed by atoms with Crippen LogP contribution in [0.1, 0.15) is 39.1 Å². The van der Waals surface area contributed by atoms with Crippen molar-refractivity contribution in [2.75, 3.05) is 13.1 Å². The van der Waals surface area contributed by atoms with Gasteiger partial charge in [0.2, 0.25) is 0 Å². The summed E-state index contributed by atoms with van der Waals surface area (Å²) in [6.45, 7) is 12.2. The molecule has 0 radical (unpaired) electrons. The highest BCUT2D eigenvalue weighted by molar-refractivity contribution is 5.11. The average Bonchev–Trinajstić information content (AvgIpc) is 2.65. The molecule has 0 aromatic carbocycles. The molecule has 0 saturated carbocycles. The van der Waals surface area contributed by atoms with E-state index >= 15 is 0 Å². The summed E-state index contributed by atoms with van der Waals surface area (Å²) in [4.78, 5) is 2.56. The lowest BCUT2D eigenvalue weighted by Gasteiger charge is -2.45. The number of aromatic nitrogens is 2. The molecule has 0 bridgehead atoms. The lowest BCUT2D eigenvalue weighted by molar-refractivity contribution is 0.0603. The van der Waals surface area contributed by atoms with Gasteiger partial charge in [0.25, 0.3) is 0 Å². The summed E-state index contributed by atoms with van der Waals surface area (Å²) >= 11 is 0. The molecule has 1 aliphatic heterocycles. The van der Waals surface area contributed by atoms with Gasteiger partial charge in [0.05, 0.1) is 11.4 Å². The second-order valence-electron chi connectivity index (χ2n) is 6.08. The van der Waals surface area contributed by atoms with E-state index in [1.807, 2.05) is 11.7 Å². The van der Waals surface area contributed by atoms with Crippen LogP contribution in [0.15, 0.2) is 6.07 Å². The Bertz CT molecular complexity index is 408. The molecule has 1 N–H and O–H groups in total. The minimum atomic E-state index is 0.211. The van der Waals surface area contributed by atoms with Crippen LogP contribution in [-0.2, 0) is 20.0 Å². The van der Waals surface area contributed by atoms with Crippen molar-refractivity contribution in [3.8, 4) is 0 Å². The lowest BCUT2D eigenvalue weighted by atomic mass is 9.97. The maximum absolute atomic E-state index is 4.54. The Hall–Kier alpha value is -0.870. The average molecular weight is 250 g/mol. The Kier molecular flexibility index (Phi) is 3.78. The predicted octanol–water partition coefficient (Wildman–Crippen LogP) is 1.55. The van der Waals surface area contributed by atoms with Crippen molar-refractivity contribution in [1.29, 1.82) is 0 Å². The van der Waals surface area contributed by atoms with Gasteiger partial charge >= 0.3 is 0 Å². The van der Waals surface area contributed by atoms with Crippen LogP contribution in [0.3, 0.4) is 0 Å². The summed E-state index contributed by atoms with van der Waals surface area (Å²) in [5.74, 6) is 0. The molecule has 1 aromatic heterocycles. The zero-order valence-electron chi connectivity index (χ0n) is 12.3. The molecule has 1 fully saturated rings. The first-order valence-corrected chi connectivity index (χ1v) is 6.92. The van der Waals surface area contributed by atoms with Crippen LogP contribution < -0.4 is 5.32 Å². The highest BCUT2D eigenvalue weighted by Crippen LogP contribution is 2.21. The molecule has 4 heteroatoms. The van der Waals surface area contributed by atoms with E-state index in [0.717, 1.165) is 26.1 Å². The summed E-state index contributed by atoms with van der Waals surface area (Å²) in [6, 6.07) is 2.81. The second-order valence-corrected chi connectivity index (χ2v) is 6.08. The largest absolute Gasteiger partial charge is 0.311 e. The molecule has 0 amide bonds. The van der Waals surface area contributed by atoms with Crippen molar-refractivity contribution in [3.63, 3.8) is 0 Å². The summed E-state index contributed by atoms with van der Waals surface area (Å²) in [5.41, 5.74) is 2.71. The minimum absolute atomic E-state index is 0.211. The molecule has 0 spiro atoms. The molecule has 1 aliphatic rings. The van der Waals surface area contributed by atoms with Gasteiger partial charge in [-0.05, 0) is 33.3 Å². The van der Waals surface area contributed by atoms with Crippen molar-refractivity contribution in [3.05, 3.63) is 17.5 Å². The Morgan fingerprint density at radius 3 is 2.83 bits per heavy atom. The molecule has 1 atom stereocenters. The maximum atomic E-state index is 4.54. The Morgan fingerprint density at radius 1 is 1.50 bits per heavy atom. The molecular formula is C14H26N4. The van der Waals surface area contributed by atoms with E-state index < -0.39 is 0 Å². The topological polar surface area (TPSA) is 33.1 Å². The van der Waals surface area contributed by atoms with Crippen molar-refractivity contribution in [1.82, 2.24) is 20.0 Å². The number of hydrogen-bond acceptors (Lipinski definition) is 3. The van der Waals surface area contributed by atoms with Crippen LogP contribution in [-0.4, -0.2) is 39.4 Å². The molecule has 1 saturated heterocycles. The lowest BCUT2D eigenvalue weighted by Crippen LogP contribution is -2.60. The van der Waals surface area contributed by atoms with Crippen molar-refractivity contribution in [2.24, 2.45) is 7.05 Å². The maximum Gasteiger partial charge on any atom is 0.0625 e. The first kappa shape index (κ1) is 13.6. The van der Waals surface area contributed by atoms with E-state index in [1.54, 1.807) is 0 Å². The zero-order chi connectivity index (χ0) is 13.3. The van der Waals surface area contributed by atoms with Crippen LogP contribution >= 0.6 is 0 Å². The smallest absolute Gasteiger partial charge is 0.0625 e. The quantitative estimate of drug-likeness (QED) is 0.883. The summed E-state index contributed by atoms with van der Waals surface area (Å²) in [7, 11) is 2.05. The third-order valence-corrected chi connectivity index (χ3v) is 3.98. The molecule has 102 valence electrons. The molecule has 1 aromatic rings. The highest BCUT2D eigenvalue weighted by atomic mass is 15.3. The Morgan fingerprint density at radius 2 is 2.22 bits per heavy atom. The van der Waals surface area contributed by atoms with Crippen LogP contribution in [0.25, 0.3) is 0 Å². The minimum Gasteiger partial charge on any atom is -0.311 e. The number of nitrogens with one attached hydrogen (secondary N) is 1. The molecular weight excluding hydrogens is 224 g/mol. The van der Waals surface area contributed by atoms with E-state index in [-0.39, 0.29) is 5.54 Å². The number of piperazine rings is 1. The van der Waals surface area contributed by atoms with Crippen LogP contribution in [0, 0.1) is 0 Å². The highest BCUT2D eigenvalue weighted by Gasteiger charge is 2.32.